The first-order valence-electron chi connectivity index (χ1n) is 9.87. The number of hydrogen-bond donors (Lipinski definition) is 0. The molecule has 3 heterocycles. The quantitative estimate of drug-likeness (QED) is 0.465. The van der Waals surface area contributed by atoms with Gasteiger partial charge in [-0.3, -0.25) is 4.79 Å². The Kier molecular flexibility index (Phi) is 4.84. The molecule has 0 saturated carbocycles. The number of benzene rings is 1. The second kappa shape index (κ2) is 7.30. The molecule has 0 N–H and O–H groups in total. The van der Waals surface area contributed by atoms with E-state index in [4.69, 9.17) is 13.6 Å². The van der Waals surface area contributed by atoms with E-state index >= 15 is 0 Å². The normalized spacial score (nSPS) is 15.8. The van der Waals surface area contributed by atoms with Crippen LogP contribution in [0.25, 0.3) is 28.0 Å². The molecule has 1 aliphatic rings. The lowest BCUT2D eigenvalue weighted by Gasteiger charge is -2.24. The summed E-state index contributed by atoms with van der Waals surface area (Å²) in [4.78, 5) is 25.0. The van der Waals surface area contributed by atoms with Gasteiger partial charge in [0.2, 0.25) is 0 Å². The molecule has 28 heavy (non-hydrogen) atoms. The minimum absolute atomic E-state index is 0.0639. The number of rotatable bonds is 5. The Labute approximate surface area is 162 Å². The average molecular weight is 379 g/mol. The molecule has 1 unspecified atom stereocenters. The predicted molar refractivity (Wildman–Crippen MR) is 109 cm³/mol. The third-order valence-corrected chi connectivity index (χ3v) is 5.08. The Morgan fingerprint density at radius 1 is 1.07 bits per heavy atom. The van der Waals surface area contributed by atoms with E-state index < -0.39 is 5.63 Å². The lowest BCUT2D eigenvalue weighted by Crippen LogP contribution is -2.18. The van der Waals surface area contributed by atoms with Crippen LogP contribution < -0.4 is 15.8 Å². The first kappa shape index (κ1) is 18.5. The standard InChI is InChI=1S/C23H23O5/c1-4-6-8-15-9-10-16-21(27-15)19-14(7-5-2)12-18(25)28-23(19)20-17(24)11-13(3)26-22(16)20/h9-11,15H,4-8H2,1-3H3. The number of hydrogen-bond acceptors (Lipinski definition) is 5. The van der Waals surface area contributed by atoms with Crippen molar-refractivity contribution in [1.82, 2.24) is 0 Å². The SMILES string of the molecule is CCCCC1C=Cc2c(c3c(CCC)[c]c(=O)oc3c3c(=O)cc(C)oc23)O1. The fraction of sp³-hybridized carbons (Fsp3) is 0.391. The largest absolute Gasteiger partial charge is 0.485 e. The molecular formula is C23H23O5. The Hall–Kier alpha value is -2.82. The van der Waals surface area contributed by atoms with Crippen LogP contribution in [-0.4, -0.2) is 6.10 Å². The summed E-state index contributed by atoms with van der Waals surface area (Å²) in [5.41, 5.74) is 1.25. The highest BCUT2D eigenvalue weighted by Crippen LogP contribution is 2.42. The van der Waals surface area contributed by atoms with Crippen molar-refractivity contribution in [2.45, 2.75) is 59.0 Å². The minimum Gasteiger partial charge on any atom is -0.485 e. The minimum atomic E-state index is -0.592. The van der Waals surface area contributed by atoms with Crippen LogP contribution in [-0.2, 0) is 6.42 Å². The zero-order valence-corrected chi connectivity index (χ0v) is 16.4. The van der Waals surface area contributed by atoms with Crippen LogP contribution in [0.1, 0.15) is 56.4 Å². The van der Waals surface area contributed by atoms with Gasteiger partial charge in [-0.15, -0.1) is 0 Å². The molecule has 1 radical (unpaired) electrons. The van der Waals surface area contributed by atoms with Gasteiger partial charge in [0.15, 0.2) is 16.6 Å². The summed E-state index contributed by atoms with van der Waals surface area (Å²) in [6.45, 7) is 5.90. The molecule has 1 atom stereocenters. The van der Waals surface area contributed by atoms with Crippen molar-refractivity contribution in [2.75, 3.05) is 0 Å². The molecule has 1 aromatic carbocycles. The van der Waals surface area contributed by atoms with Gasteiger partial charge < -0.3 is 13.6 Å². The Morgan fingerprint density at radius 2 is 1.89 bits per heavy atom. The third kappa shape index (κ3) is 3.05. The third-order valence-electron chi connectivity index (χ3n) is 5.08. The molecule has 0 saturated heterocycles. The van der Waals surface area contributed by atoms with E-state index in [0.717, 1.165) is 36.8 Å². The Morgan fingerprint density at radius 3 is 2.64 bits per heavy atom. The molecule has 0 bridgehead atoms. The van der Waals surface area contributed by atoms with Crippen molar-refractivity contribution >= 4 is 28.0 Å². The summed E-state index contributed by atoms with van der Waals surface area (Å²) in [6, 6.07) is 4.21. The summed E-state index contributed by atoms with van der Waals surface area (Å²) in [6.07, 6.45) is 8.41. The first-order chi connectivity index (χ1) is 13.5. The first-order valence-corrected chi connectivity index (χ1v) is 9.87. The maximum atomic E-state index is 12.8. The molecule has 145 valence electrons. The summed E-state index contributed by atoms with van der Waals surface area (Å²) in [7, 11) is 0. The number of ether oxygens (including phenoxy) is 1. The van der Waals surface area contributed by atoms with Gasteiger partial charge in [0.25, 0.3) is 0 Å². The van der Waals surface area contributed by atoms with Crippen LogP contribution in [0.5, 0.6) is 5.75 Å². The molecule has 1 aliphatic heterocycles. The van der Waals surface area contributed by atoms with Gasteiger partial charge in [-0.2, -0.15) is 0 Å². The molecule has 4 rings (SSSR count). The van der Waals surface area contributed by atoms with Crippen LogP contribution >= 0.6 is 0 Å². The van der Waals surface area contributed by atoms with Crippen LogP contribution in [0.15, 0.2) is 30.6 Å². The van der Waals surface area contributed by atoms with Gasteiger partial charge in [0, 0.05) is 6.07 Å². The molecule has 0 fully saturated rings. The van der Waals surface area contributed by atoms with Gasteiger partial charge in [0.05, 0.1) is 17.0 Å². The molecule has 2 aromatic heterocycles. The molecule has 3 aromatic rings. The van der Waals surface area contributed by atoms with Crippen LogP contribution in [0.4, 0.5) is 0 Å². The van der Waals surface area contributed by atoms with Gasteiger partial charge in [-0.25, -0.2) is 4.79 Å². The maximum absolute atomic E-state index is 12.8. The van der Waals surface area contributed by atoms with Gasteiger partial charge in [0.1, 0.15) is 23.0 Å². The number of unbranched alkanes of at least 4 members (excludes halogenated alkanes) is 1. The van der Waals surface area contributed by atoms with Gasteiger partial charge in [-0.1, -0.05) is 26.7 Å². The second-order valence-corrected chi connectivity index (χ2v) is 7.27. The molecule has 5 nitrogen and oxygen atoms in total. The van der Waals surface area contributed by atoms with E-state index in [2.05, 4.69) is 13.0 Å². The van der Waals surface area contributed by atoms with Crippen LogP contribution in [0.3, 0.4) is 0 Å². The zero-order chi connectivity index (χ0) is 19.8. The van der Waals surface area contributed by atoms with Crippen LogP contribution in [0.2, 0.25) is 0 Å². The Bertz CT molecular complexity index is 1200. The topological polar surface area (TPSA) is 69.7 Å². The Balaban J connectivity index is 2.13. The van der Waals surface area contributed by atoms with Gasteiger partial charge >= 0.3 is 5.63 Å². The van der Waals surface area contributed by atoms with Crippen molar-refractivity contribution in [3.05, 3.63) is 55.7 Å². The summed E-state index contributed by atoms with van der Waals surface area (Å²) >= 11 is 0. The number of aryl methyl sites for hydroxylation is 2. The summed E-state index contributed by atoms with van der Waals surface area (Å²) in [5.74, 6) is 1.11. The van der Waals surface area contributed by atoms with Crippen LogP contribution in [0, 0.1) is 13.0 Å². The average Bonchev–Trinajstić information content (AvgIpc) is 2.65. The fourth-order valence-electron chi connectivity index (χ4n) is 3.83. The highest BCUT2D eigenvalue weighted by Gasteiger charge is 2.27. The fourth-order valence-corrected chi connectivity index (χ4v) is 3.83. The predicted octanol–water partition coefficient (Wildman–Crippen LogP) is 4.92. The van der Waals surface area contributed by atoms with E-state index in [1.165, 1.54) is 6.07 Å². The molecule has 0 aliphatic carbocycles. The summed E-state index contributed by atoms with van der Waals surface area (Å²) < 4.78 is 17.7. The molecule has 5 heteroatoms. The highest BCUT2D eigenvalue weighted by molar-refractivity contribution is 6.10. The van der Waals surface area contributed by atoms with Crippen molar-refractivity contribution in [2.24, 2.45) is 0 Å². The van der Waals surface area contributed by atoms with Gasteiger partial charge in [-0.05, 0) is 43.9 Å². The summed E-state index contributed by atoms with van der Waals surface area (Å²) in [5, 5.41) is 0.939. The van der Waals surface area contributed by atoms with E-state index in [1.54, 1.807) is 6.92 Å². The van der Waals surface area contributed by atoms with Crippen molar-refractivity contribution in [1.29, 1.82) is 0 Å². The van der Waals surface area contributed by atoms with E-state index in [1.807, 2.05) is 19.1 Å². The van der Waals surface area contributed by atoms with E-state index in [-0.39, 0.29) is 22.5 Å². The lowest BCUT2D eigenvalue weighted by molar-refractivity contribution is 0.234. The monoisotopic (exact) mass is 379 g/mol. The van der Waals surface area contributed by atoms with Crippen molar-refractivity contribution < 1.29 is 13.6 Å². The molecule has 0 spiro atoms. The zero-order valence-electron chi connectivity index (χ0n) is 16.4. The molecule has 0 amide bonds. The lowest BCUT2D eigenvalue weighted by atomic mass is 9.96. The van der Waals surface area contributed by atoms with E-state index in [0.29, 0.717) is 28.9 Å². The van der Waals surface area contributed by atoms with Crippen molar-refractivity contribution in [3.8, 4) is 5.75 Å². The number of fused-ring (bicyclic) bond motifs is 6. The smallest absolute Gasteiger partial charge is 0.344 e. The second-order valence-electron chi connectivity index (χ2n) is 7.27. The molecular weight excluding hydrogens is 356 g/mol. The van der Waals surface area contributed by atoms with E-state index in [9.17, 15) is 9.59 Å². The maximum Gasteiger partial charge on any atom is 0.344 e. The van der Waals surface area contributed by atoms with Crippen molar-refractivity contribution in [3.63, 3.8) is 0 Å². The highest BCUT2D eigenvalue weighted by atomic mass is 16.5.